The second kappa shape index (κ2) is 9.63. The Morgan fingerprint density at radius 3 is 2.43 bits per heavy atom. The van der Waals surface area contributed by atoms with Crippen molar-refractivity contribution in [3.8, 4) is 0 Å². The van der Waals surface area contributed by atoms with Gasteiger partial charge in [-0.3, -0.25) is 14.6 Å². The van der Waals surface area contributed by atoms with Crippen molar-refractivity contribution >= 4 is 17.4 Å². The lowest BCUT2D eigenvalue weighted by Gasteiger charge is -2.26. The van der Waals surface area contributed by atoms with E-state index >= 15 is 0 Å². The number of aliphatic hydroxyl groups is 1. The zero-order chi connectivity index (χ0) is 21.7. The first-order valence-corrected chi connectivity index (χ1v) is 10.2. The number of amides is 1. The van der Waals surface area contributed by atoms with E-state index in [0.29, 0.717) is 18.7 Å². The Kier molecular flexibility index (Phi) is 6.95. The standard InChI is InChI=1S/C23H26FN3O3/c1-3-26(4-2)14-7-15-27-20(18-8-5-6-13-25-18)19(22(29)23(27)30)21(28)16-9-11-17(24)12-10-16/h5-6,8-13,20,28H,3-4,7,14-15H2,1-2H3. The van der Waals surface area contributed by atoms with Crippen molar-refractivity contribution in [2.24, 2.45) is 0 Å². The zero-order valence-corrected chi connectivity index (χ0v) is 17.2. The third-order valence-corrected chi connectivity index (χ3v) is 5.39. The average molecular weight is 411 g/mol. The summed E-state index contributed by atoms with van der Waals surface area (Å²) in [6.45, 7) is 7.12. The van der Waals surface area contributed by atoms with E-state index in [2.05, 4.69) is 23.7 Å². The fraction of sp³-hybridized carbons (Fsp3) is 0.348. The van der Waals surface area contributed by atoms with Gasteiger partial charge in [0.1, 0.15) is 17.6 Å². The number of hydrogen-bond donors (Lipinski definition) is 1. The molecule has 0 saturated carbocycles. The molecule has 0 radical (unpaired) electrons. The van der Waals surface area contributed by atoms with Gasteiger partial charge >= 0.3 is 0 Å². The molecular formula is C23H26FN3O3. The summed E-state index contributed by atoms with van der Waals surface area (Å²) in [5, 5.41) is 10.9. The van der Waals surface area contributed by atoms with Crippen molar-refractivity contribution in [3.63, 3.8) is 0 Å². The van der Waals surface area contributed by atoms with Gasteiger partial charge in [0.05, 0.1) is 11.3 Å². The summed E-state index contributed by atoms with van der Waals surface area (Å²) >= 11 is 0. The summed E-state index contributed by atoms with van der Waals surface area (Å²) in [6.07, 6.45) is 2.28. The minimum Gasteiger partial charge on any atom is -0.507 e. The largest absolute Gasteiger partial charge is 0.507 e. The lowest BCUT2D eigenvalue weighted by atomic mass is 9.98. The molecule has 1 unspecified atom stereocenters. The molecule has 6 nitrogen and oxygen atoms in total. The molecule has 1 aromatic carbocycles. The molecule has 158 valence electrons. The Bertz CT molecular complexity index is 924. The molecule has 1 aliphatic heterocycles. The van der Waals surface area contributed by atoms with Gasteiger partial charge in [0.2, 0.25) is 0 Å². The number of hydrogen-bond acceptors (Lipinski definition) is 5. The monoisotopic (exact) mass is 411 g/mol. The molecule has 7 heteroatoms. The van der Waals surface area contributed by atoms with Gasteiger partial charge < -0.3 is 14.9 Å². The van der Waals surface area contributed by atoms with Crippen LogP contribution in [0.25, 0.3) is 5.76 Å². The van der Waals surface area contributed by atoms with Gasteiger partial charge in [0.25, 0.3) is 11.7 Å². The van der Waals surface area contributed by atoms with Crippen LogP contribution in [-0.4, -0.2) is 57.8 Å². The predicted octanol–water partition coefficient (Wildman–Crippen LogP) is 3.37. The van der Waals surface area contributed by atoms with Gasteiger partial charge in [-0.15, -0.1) is 0 Å². The number of rotatable bonds is 8. The van der Waals surface area contributed by atoms with Crippen molar-refractivity contribution in [2.75, 3.05) is 26.2 Å². The molecule has 2 heterocycles. The molecule has 0 spiro atoms. The van der Waals surface area contributed by atoms with Crippen LogP contribution < -0.4 is 0 Å². The van der Waals surface area contributed by atoms with Gasteiger partial charge in [-0.1, -0.05) is 19.9 Å². The van der Waals surface area contributed by atoms with Crippen molar-refractivity contribution < 1.29 is 19.1 Å². The van der Waals surface area contributed by atoms with Crippen LogP contribution in [0.2, 0.25) is 0 Å². The van der Waals surface area contributed by atoms with E-state index in [9.17, 15) is 19.1 Å². The number of carbonyl (C=O) groups excluding carboxylic acids is 2. The number of aromatic nitrogens is 1. The van der Waals surface area contributed by atoms with E-state index in [4.69, 9.17) is 0 Å². The van der Waals surface area contributed by atoms with Crippen LogP contribution in [0.1, 0.15) is 37.6 Å². The molecule has 1 atom stereocenters. The molecule has 1 N–H and O–H groups in total. The summed E-state index contributed by atoms with van der Waals surface area (Å²) < 4.78 is 13.3. The van der Waals surface area contributed by atoms with Gasteiger partial charge in [0, 0.05) is 18.3 Å². The fourth-order valence-electron chi connectivity index (χ4n) is 3.72. The van der Waals surface area contributed by atoms with E-state index in [1.807, 2.05) is 0 Å². The number of carbonyl (C=O) groups is 2. The second-order valence-electron chi connectivity index (χ2n) is 7.13. The summed E-state index contributed by atoms with van der Waals surface area (Å²) in [6, 6.07) is 9.63. The molecule has 1 amide bonds. The van der Waals surface area contributed by atoms with Crippen LogP contribution in [0.3, 0.4) is 0 Å². The molecule has 3 rings (SSSR count). The third-order valence-electron chi connectivity index (χ3n) is 5.39. The molecule has 1 saturated heterocycles. The first-order chi connectivity index (χ1) is 14.5. The van der Waals surface area contributed by atoms with Gasteiger partial charge in [-0.25, -0.2) is 4.39 Å². The van der Waals surface area contributed by atoms with Crippen molar-refractivity contribution in [1.82, 2.24) is 14.8 Å². The van der Waals surface area contributed by atoms with E-state index in [1.165, 1.54) is 29.2 Å². The quantitative estimate of drug-likeness (QED) is 0.410. The normalized spacial score (nSPS) is 18.4. The Balaban J connectivity index is 1.99. The second-order valence-corrected chi connectivity index (χ2v) is 7.13. The highest BCUT2D eigenvalue weighted by atomic mass is 19.1. The van der Waals surface area contributed by atoms with Crippen LogP contribution in [0.15, 0.2) is 54.2 Å². The number of ketones is 1. The van der Waals surface area contributed by atoms with E-state index in [1.54, 1.807) is 24.4 Å². The highest BCUT2D eigenvalue weighted by Gasteiger charge is 2.46. The molecular weight excluding hydrogens is 385 g/mol. The number of benzene rings is 1. The van der Waals surface area contributed by atoms with Gasteiger partial charge in [-0.05, 0) is 62.5 Å². The van der Waals surface area contributed by atoms with Crippen molar-refractivity contribution in [1.29, 1.82) is 0 Å². The van der Waals surface area contributed by atoms with Crippen LogP contribution >= 0.6 is 0 Å². The maximum Gasteiger partial charge on any atom is 0.295 e. The van der Waals surface area contributed by atoms with E-state index < -0.39 is 23.5 Å². The molecule has 0 bridgehead atoms. The summed E-state index contributed by atoms with van der Waals surface area (Å²) in [5.41, 5.74) is 0.759. The third kappa shape index (κ3) is 4.41. The first kappa shape index (κ1) is 21.6. The number of likely N-dealkylation sites (tertiary alicyclic amines) is 1. The number of pyridine rings is 1. The minimum atomic E-state index is -0.784. The first-order valence-electron chi connectivity index (χ1n) is 10.2. The molecule has 0 aliphatic carbocycles. The zero-order valence-electron chi connectivity index (χ0n) is 17.2. The van der Waals surface area contributed by atoms with E-state index in [0.717, 1.165) is 19.6 Å². The van der Waals surface area contributed by atoms with Crippen molar-refractivity contribution in [2.45, 2.75) is 26.3 Å². The Morgan fingerprint density at radius 2 is 1.83 bits per heavy atom. The van der Waals surface area contributed by atoms with Crippen LogP contribution in [0, 0.1) is 5.82 Å². The summed E-state index contributed by atoms with van der Waals surface area (Å²) in [5.74, 6) is -2.19. The molecule has 1 aliphatic rings. The molecule has 2 aromatic rings. The van der Waals surface area contributed by atoms with Crippen LogP contribution in [0.5, 0.6) is 0 Å². The Labute approximate surface area is 175 Å². The highest BCUT2D eigenvalue weighted by molar-refractivity contribution is 6.46. The average Bonchev–Trinajstić information content (AvgIpc) is 3.02. The Morgan fingerprint density at radius 1 is 1.13 bits per heavy atom. The molecule has 30 heavy (non-hydrogen) atoms. The number of nitrogens with zero attached hydrogens (tertiary/aromatic N) is 3. The van der Waals surface area contributed by atoms with Crippen LogP contribution in [-0.2, 0) is 9.59 Å². The van der Waals surface area contributed by atoms with E-state index in [-0.39, 0.29) is 16.9 Å². The lowest BCUT2D eigenvalue weighted by molar-refractivity contribution is -0.140. The summed E-state index contributed by atoms with van der Waals surface area (Å²) in [7, 11) is 0. The Hall–Kier alpha value is -3.06. The van der Waals surface area contributed by atoms with Crippen molar-refractivity contribution in [3.05, 3.63) is 71.3 Å². The summed E-state index contributed by atoms with van der Waals surface area (Å²) in [4.78, 5) is 33.8. The topological polar surface area (TPSA) is 73.7 Å². The highest BCUT2D eigenvalue weighted by Crippen LogP contribution is 2.38. The maximum absolute atomic E-state index is 13.3. The SMILES string of the molecule is CCN(CC)CCCN1C(=O)C(=O)C(=C(O)c2ccc(F)cc2)C1c1ccccn1. The smallest absolute Gasteiger partial charge is 0.295 e. The van der Waals surface area contributed by atoms with Gasteiger partial charge in [0.15, 0.2) is 0 Å². The molecule has 1 fully saturated rings. The maximum atomic E-state index is 13.3. The minimum absolute atomic E-state index is 0.0202. The molecule has 1 aromatic heterocycles. The van der Waals surface area contributed by atoms with Gasteiger partial charge in [-0.2, -0.15) is 0 Å². The number of halogens is 1. The number of Topliss-reactive ketones (excluding diaryl/α,β-unsaturated/α-hetero) is 1. The fourth-order valence-corrected chi connectivity index (χ4v) is 3.72. The van der Waals surface area contributed by atoms with Crippen LogP contribution in [0.4, 0.5) is 4.39 Å². The predicted molar refractivity (Wildman–Crippen MR) is 112 cm³/mol. The lowest BCUT2D eigenvalue weighted by Crippen LogP contribution is -2.33. The number of aliphatic hydroxyl groups excluding tert-OH is 1.